The minimum absolute atomic E-state index is 0.338. The molecule has 1 rings (SSSR count). The third-order valence-electron chi connectivity index (χ3n) is 0.810. The quantitative estimate of drug-likeness (QED) is 0.366. The highest BCUT2D eigenvalue weighted by Crippen LogP contribution is 1.77. The molecule has 0 radical (unpaired) electrons. The van der Waals surface area contributed by atoms with Gasteiger partial charge >= 0.3 is 0 Å². The number of primary amides is 1. The first-order valence-electron chi connectivity index (χ1n) is 2.15. The molecule has 1 heterocycles. The summed E-state index contributed by atoms with van der Waals surface area (Å²) >= 11 is 0. The van der Waals surface area contributed by atoms with E-state index in [0.29, 0.717) is 12.3 Å². The largest absolute Gasteiger partial charge is 0.364 e. The summed E-state index contributed by atoms with van der Waals surface area (Å²) in [5.41, 5.74) is 10.2. The van der Waals surface area contributed by atoms with E-state index in [4.69, 9.17) is 5.73 Å². The molecule has 0 aromatic rings. The second-order valence-electron chi connectivity index (χ2n) is 1.39. The van der Waals surface area contributed by atoms with Crippen LogP contribution in [0.2, 0.25) is 0 Å². The minimum Gasteiger partial charge on any atom is -0.364 e. The summed E-state index contributed by atoms with van der Waals surface area (Å²) in [4.78, 5) is 10.2. The van der Waals surface area contributed by atoms with Gasteiger partial charge in [-0.15, -0.1) is 0 Å². The molecule has 4 N–H and O–H groups in total. The van der Waals surface area contributed by atoms with Crippen molar-refractivity contribution in [2.75, 3.05) is 6.54 Å². The van der Waals surface area contributed by atoms with Gasteiger partial charge in [-0.05, 0) is 0 Å². The van der Waals surface area contributed by atoms with Crippen molar-refractivity contribution in [2.24, 2.45) is 10.8 Å². The molecule has 0 unspecified atom stereocenters. The van der Waals surface area contributed by atoms with E-state index in [-0.39, 0.29) is 0 Å². The van der Waals surface area contributed by atoms with Gasteiger partial charge in [-0.2, -0.15) is 5.10 Å². The number of carbonyl (C=O) groups excluding carboxylic acids is 1. The number of hydrogen-bond donors (Lipinski definition) is 3. The van der Waals surface area contributed by atoms with Crippen molar-refractivity contribution in [3.05, 3.63) is 0 Å². The fraction of sp³-hybridized carbons (Fsp3) is 0.333. The van der Waals surface area contributed by atoms with Gasteiger partial charge in [0.1, 0.15) is 5.71 Å². The van der Waals surface area contributed by atoms with Gasteiger partial charge in [-0.1, -0.05) is 0 Å². The van der Waals surface area contributed by atoms with Gasteiger partial charge in [0, 0.05) is 0 Å². The Kier molecular flexibility index (Phi) is 1.13. The number of nitrogens with zero attached hydrogens (tertiary/aromatic N) is 1. The van der Waals surface area contributed by atoms with E-state index >= 15 is 0 Å². The van der Waals surface area contributed by atoms with E-state index in [1.54, 1.807) is 0 Å². The van der Waals surface area contributed by atoms with E-state index in [0.717, 1.165) is 0 Å². The highest BCUT2D eigenvalue weighted by Gasteiger charge is 2.09. The fourth-order valence-corrected chi connectivity index (χ4v) is 0.412. The lowest BCUT2D eigenvalue weighted by atomic mass is 10.4. The molecule has 1 amide bonds. The molecular weight excluding hydrogens is 108 g/mol. The summed E-state index contributed by atoms with van der Waals surface area (Å²) in [5.74, 6) is -0.484. The maximum atomic E-state index is 10.2. The second-order valence-corrected chi connectivity index (χ2v) is 1.39. The average Bonchev–Trinajstić information content (AvgIpc) is 2.12. The predicted molar refractivity (Wildman–Crippen MR) is 27.8 cm³/mol. The van der Waals surface area contributed by atoms with Crippen LogP contribution in [-0.2, 0) is 4.79 Å². The molecule has 0 aromatic carbocycles. The van der Waals surface area contributed by atoms with E-state index in [2.05, 4.69) is 16.1 Å². The predicted octanol–water partition coefficient (Wildman–Crippen LogP) is -2.06. The van der Waals surface area contributed by atoms with Gasteiger partial charge in [-0.25, -0.2) is 11.0 Å². The number of nitrogens with one attached hydrogen (secondary N) is 2. The van der Waals surface area contributed by atoms with Crippen molar-refractivity contribution in [2.45, 2.75) is 0 Å². The lowest BCUT2D eigenvalue weighted by Crippen LogP contribution is -2.28. The number of rotatable bonds is 1. The number of hydrazone groups is 1. The van der Waals surface area contributed by atoms with Crippen LogP contribution in [0, 0.1) is 0 Å². The van der Waals surface area contributed by atoms with Gasteiger partial charge < -0.3 is 5.73 Å². The highest BCUT2D eigenvalue weighted by atomic mass is 16.1. The molecule has 0 saturated carbocycles. The van der Waals surface area contributed by atoms with Crippen LogP contribution < -0.4 is 16.7 Å². The van der Waals surface area contributed by atoms with E-state index in [1.807, 2.05) is 0 Å². The molecule has 1 aliphatic rings. The summed E-state index contributed by atoms with van der Waals surface area (Å²) in [6, 6.07) is 0. The van der Waals surface area contributed by atoms with Crippen molar-refractivity contribution in [3.63, 3.8) is 0 Å². The van der Waals surface area contributed by atoms with Crippen LogP contribution in [0.1, 0.15) is 0 Å². The van der Waals surface area contributed by atoms with E-state index in [9.17, 15) is 4.79 Å². The molecule has 5 nitrogen and oxygen atoms in total. The average molecular weight is 114 g/mol. The summed E-state index contributed by atoms with van der Waals surface area (Å²) in [5, 5.41) is 3.52. The number of carbonyl (C=O) groups is 1. The first-order chi connectivity index (χ1) is 3.80. The van der Waals surface area contributed by atoms with Crippen molar-refractivity contribution in [3.8, 4) is 0 Å². The Bertz CT molecular complexity index is 140. The molecule has 0 fully saturated rings. The first-order valence-corrected chi connectivity index (χ1v) is 2.15. The Labute approximate surface area is 45.9 Å². The lowest BCUT2D eigenvalue weighted by Gasteiger charge is -1.84. The van der Waals surface area contributed by atoms with Crippen molar-refractivity contribution < 1.29 is 4.79 Å². The molecule has 0 saturated heterocycles. The van der Waals surface area contributed by atoms with Crippen LogP contribution in [0.25, 0.3) is 0 Å². The number of hydrazine groups is 1. The van der Waals surface area contributed by atoms with Gasteiger partial charge in [0.15, 0.2) is 0 Å². The molecule has 0 aliphatic carbocycles. The lowest BCUT2D eigenvalue weighted by molar-refractivity contribution is -0.112. The van der Waals surface area contributed by atoms with Crippen LogP contribution in [0.4, 0.5) is 0 Å². The zero-order valence-electron chi connectivity index (χ0n) is 4.14. The van der Waals surface area contributed by atoms with Crippen LogP contribution in [0.3, 0.4) is 0 Å². The number of nitrogens with two attached hydrogens (primary N) is 1. The smallest absolute Gasteiger partial charge is 0.266 e. The summed E-state index contributed by atoms with van der Waals surface area (Å²) in [7, 11) is 0. The topological polar surface area (TPSA) is 79.5 Å². The SMILES string of the molecule is NC(=O)C1=NNNC1. The van der Waals surface area contributed by atoms with E-state index in [1.165, 1.54) is 0 Å². The Hall–Kier alpha value is -1.10. The summed E-state index contributed by atoms with van der Waals surface area (Å²) in [6.07, 6.45) is 0. The molecule has 0 aromatic heterocycles. The maximum Gasteiger partial charge on any atom is 0.266 e. The summed E-state index contributed by atoms with van der Waals surface area (Å²) < 4.78 is 0. The monoisotopic (exact) mass is 114 g/mol. The molecular formula is C3H6N4O. The van der Waals surface area contributed by atoms with Crippen molar-refractivity contribution in [1.82, 2.24) is 11.0 Å². The molecule has 1 aliphatic heterocycles. The minimum atomic E-state index is -0.484. The molecule has 8 heavy (non-hydrogen) atoms. The van der Waals surface area contributed by atoms with E-state index < -0.39 is 5.91 Å². The van der Waals surface area contributed by atoms with Crippen LogP contribution >= 0.6 is 0 Å². The first kappa shape index (κ1) is 5.04. The molecule has 0 atom stereocenters. The van der Waals surface area contributed by atoms with Gasteiger partial charge in [0.2, 0.25) is 0 Å². The standard InChI is InChI=1S/C3H6N4O/c4-3(8)2-1-5-7-6-2/h5,7H,1H2,(H2,4,8). The van der Waals surface area contributed by atoms with Crippen molar-refractivity contribution in [1.29, 1.82) is 0 Å². The Balaban J connectivity index is 2.57. The zero-order valence-corrected chi connectivity index (χ0v) is 4.14. The van der Waals surface area contributed by atoms with Crippen LogP contribution in [0.5, 0.6) is 0 Å². The normalized spacial score (nSPS) is 17.2. The second kappa shape index (κ2) is 1.79. The number of hydrogen-bond acceptors (Lipinski definition) is 4. The van der Waals surface area contributed by atoms with Crippen molar-refractivity contribution >= 4 is 11.6 Å². The fourth-order valence-electron chi connectivity index (χ4n) is 0.412. The Morgan fingerprint density at radius 1 is 1.88 bits per heavy atom. The van der Waals surface area contributed by atoms with Crippen LogP contribution in [-0.4, -0.2) is 18.2 Å². The highest BCUT2D eigenvalue weighted by molar-refractivity contribution is 6.39. The summed E-state index contributed by atoms with van der Waals surface area (Å²) in [6.45, 7) is 0.412. The van der Waals surface area contributed by atoms with Gasteiger partial charge in [-0.3, -0.25) is 4.79 Å². The van der Waals surface area contributed by atoms with Gasteiger partial charge in [0.05, 0.1) is 6.54 Å². The molecule has 0 spiro atoms. The Morgan fingerprint density at radius 2 is 2.62 bits per heavy atom. The van der Waals surface area contributed by atoms with Gasteiger partial charge in [0.25, 0.3) is 5.91 Å². The number of amides is 1. The molecule has 44 valence electrons. The Morgan fingerprint density at radius 3 is 2.88 bits per heavy atom. The maximum absolute atomic E-state index is 10.2. The zero-order chi connectivity index (χ0) is 5.98. The van der Waals surface area contributed by atoms with Crippen LogP contribution in [0.15, 0.2) is 5.10 Å². The molecule has 0 bridgehead atoms. The third-order valence-corrected chi connectivity index (χ3v) is 0.810. The molecule has 5 heteroatoms. The third kappa shape index (κ3) is 0.760.